The molecule has 0 radical (unpaired) electrons. The van der Waals surface area contributed by atoms with E-state index < -0.39 is 6.10 Å². The number of ether oxygens (including phenoxy) is 2. The summed E-state index contributed by atoms with van der Waals surface area (Å²) in [5, 5.41) is 0. The van der Waals surface area contributed by atoms with Gasteiger partial charge in [-0.1, -0.05) is 26.0 Å². The van der Waals surface area contributed by atoms with Gasteiger partial charge in [0.1, 0.15) is 5.75 Å². The molecule has 3 heteroatoms. The highest BCUT2D eigenvalue weighted by molar-refractivity contribution is 5.76. The van der Waals surface area contributed by atoms with E-state index in [9.17, 15) is 4.79 Å². The van der Waals surface area contributed by atoms with E-state index >= 15 is 0 Å². The van der Waals surface area contributed by atoms with E-state index in [1.54, 1.807) is 6.92 Å². The molecule has 0 aliphatic carbocycles. The first kappa shape index (κ1) is 13.7. The Morgan fingerprint density at radius 3 is 2.24 bits per heavy atom. The van der Waals surface area contributed by atoms with Crippen molar-refractivity contribution in [3.63, 3.8) is 0 Å². The van der Waals surface area contributed by atoms with Gasteiger partial charge in [-0.25, -0.2) is 4.79 Å². The smallest absolute Gasteiger partial charge is 0.340 e. The Kier molecular flexibility index (Phi) is 5.16. The molecule has 0 heterocycles. The van der Waals surface area contributed by atoms with Gasteiger partial charge in [0.25, 0.3) is 0 Å². The van der Waals surface area contributed by atoms with E-state index in [0.717, 1.165) is 0 Å². The SMILES string of the molecule is CCOC(C)C(=O)Oc1ccc(C(C)C)cc1. The van der Waals surface area contributed by atoms with Crippen LogP contribution in [0.25, 0.3) is 0 Å². The molecule has 0 aliphatic heterocycles. The molecule has 0 saturated heterocycles. The van der Waals surface area contributed by atoms with Crippen LogP contribution in [0.1, 0.15) is 39.2 Å². The minimum atomic E-state index is -0.523. The number of hydrogen-bond acceptors (Lipinski definition) is 3. The van der Waals surface area contributed by atoms with Gasteiger partial charge in [-0.15, -0.1) is 0 Å². The zero-order valence-electron chi connectivity index (χ0n) is 10.9. The third-order valence-electron chi connectivity index (χ3n) is 2.51. The second kappa shape index (κ2) is 6.40. The van der Waals surface area contributed by atoms with Crippen LogP contribution in [0, 0.1) is 0 Å². The third kappa shape index (κ3) is 4.19. The van der Waals surface area contributed by atoms with Gasteiger partial charge in [-0.3, -0.25) is 0 Å². The standard InChI is InChI=1S/C14H20O3/c1-5-16-11(4)14(15)17-13-8-6-12(7-9-13)10(2)3/h6-11H,5H2,1-4H3. The maximum atomic E-state index is 11.6. The molecule has 1 aromatic carbocycles. The van der Waals surface area contributed by atoms with Gasteiger partial charge in [-0.2, -0.15) is 0 Å². The summed E-state index contributed by atoms with van der Waals surface area (Å²) in [6, 6.07) is 7.56. The molecule has 1 rings (SSSR count). The predicted octanol–water partition coefficient (Wildman–Crippen LogP) is 3.14. The molecule has 0 spiro atoms. The average molecular weight is 236 g/mol. The fourth-order valence-electron chi connectivity index (χ4n) is 1.44. The maximum absolute atomic E-state index is 11.6. The van der Waals surface area contributed by atoms with E-state index in [0.29, 0.717) is 18.3 Å². The first-order valence-corrected chi connectivity index (χ1v) is 5.97. The number of rotatable bonds is 5. The zero-order chi connectivity index (χ0) is 12.8. The number of carbonyl (C=O) groups is 1. The van der Waals surface area contributed by atoms with E-state index in [1.807, 2.05) is 31.2 Å². The third-order valence-corrected chi connectivity index (χ3v) is 2.51. The fraction of sp³-hybridized carbons (Fsp3) is 0.500. The number of hydrogen-bond donors (Lipinski definition) is 0. The van der Waals surface area contributed by atoms with Crippen molar-refractivity contribution in [1.29, 1.82) is 0 Å². The molecule has 3 nitrogen and oxygen atoms in total. The fourth-order valence-corrected chi connectivity index (χ4v) is 1.44. The summed E-state index contributed by atoms with van der Waals surface area (Å²) in [6.07, 6.45) is -0.523. The van der Waals surface area contributed by atoms with E-state index in [1.165, 1.54) is 5.56 Å². The molecule has 1 atom stereocenters. The number of carbonyl (C=O) groups excluding carboxylic acids is 1. The maximum Gasteiger partial charge on any atom is 0.340 e. The molecule has 17 heavy (non-hydrogen) atoms. The highest BCUT2D eigenvalue weighted by atomic mass is 16.6. The van der Waals surface area contributed by atoms with Crippen molar-refractivity contribution in [2.24, 2.45) is 0 Å². The molecular formula is C14H20O3. The van der Waals surface area contributed by atoms with Crippen LogP contribution in [0.2, 0.25) is 0 Å². The van der Waals surface area contributed by atoms with Crippen LogP contribution in [0.4, 0.5) is 0 Å². The topological polar surface area (TPSA) is 35.5 Å². The summed E-state index contributed by atoms with van der Waals surface area (Å²) < 4.78 is 10.4. The minimum absolute atomic E-state index is 0.357. The quantitative estimate of drug-likeness (QED) is 0.582. The molecule has 0 saturated carbocycles. The summed E-state index contributed by atoms with van der Waals surface area (Å²) in [6.45, 7) is 8.29. The van der Waals surface area contributed by atoms with Crippen molar-refractivity contribution < 1.29 is 14.3 Å². The normalized spacial score (nSPS) is 12.5. The summed E-state index contributed by atoms with van der Waals surface area (Å²) in [4.78, 5) is 11.6. The van der Waals surface area contributed by atoms with Crippen LogP contribution in [0.3, 0.4) is 0 Å². The van der Waals surface area contributed by atoms with Gasteiger partial charge in [0.2, 0.25) is 0 Å². The van der Waals surface area contributed by atoms with Crippen LogP contribution in [0.15, 0.2) is 24.3 Å². The van der Waals surface area contributed by atoms with Gasteiger partial charge in [0.15, 0.2) is 6.10 Å². The second-order valence-electron chi connectivity index (χ2n) is 4.24. The van der Waals surface area contributed by atoms with Crippen molar-refractivity contribution in [1.82, 2.24) is 0 Å². The van der Waals surface area contributed by atoms with Crippen molar-refractivity contribution in [2.75, 3.05) is 6.61 Å². The second-order valence-corrected chi connectivity index (χ2v) is 4.24. The Balaban J connectivity index is 2.60. The molecule has 1 unspecified atom stereocenters. The highest BCUT2D eigenvalue weighted by Crippen LogP contribution is 2.19. The molecule has 0 fully saturated rings. The molecule has 0 aliphatic rings. The van der Waals surface area contributed by atoms with Gasteiger partial charge in [0.05, 0.1) is 0 Å². The summed E-state index contributed by atoms with van der Waals surface area (Å²) in [5.41, 5.74) is 1.22. The average Bonchev–Trinajstić information content (AvgIpc) is 2.30. The lowest BCUT2D eigenvalue weighted by molar-refractivity contribution is -0.145. The van der Waals surface area contributed by atoms with Crippen molar-refractivity contribution in [3.8, 4) is 5.75 Å². The first-order valence-electron chi connectivity index (χ1n) is 5.97. The van der Waals surface area contributed by atoms with Crippen LogP contribution in [-0.2, 0) is 9.53 Å². The van der Waals surface area contributed by atoms with Crippen LogP contribution in [-0.4, -0.2) is 18.7 Å². The first-order chi connectivity index (χ1) is 8.04. The lowest BCUT2D eigenvalue weighted by atomic mass is 10.0. The minimum Gasteiger partial charge on any atom is -0.425 e. The molecule has 0 bridgehead atoms. The Morgan fingerprint density at radius 1 is 1.18 bits per heavy atom. The van der Waals surface area contributed by atoms with E-state index in [2.05, 4.69) is 13.8 Å². The summed E-state index contributed by atoms with van der Waals surface area (Å²) in [5.74, 6) is 0.678. The van der Waals surface area contributed by atoms with Gasteiger partial charge in [0, 0.05) is 6.61 Å². The van der Waals surface area contributed by atoms with Crippen LogP contribution in [0.5, 0.6) is 5.75 Å². The van der Waals surface area contributed by atoms with Gasteiger partial charge in [-0.05, 0) is 37.5 Å². The van der Waals surface area contributed by atoms with Crippen molar-refractivity contribution in [2.45, 2.75) is 39.7 Å². The Hall–Kier alpha value is -1.35. The van der Waals surface area contributed by atoms with Crippen LogP contribution >= 0.6 is 0 Å². The van der Waals surface area contributed by atoms with Crippen molar-refractivity contribution >= 4 is 5.97 Å². The molecule has 94 valence electrons. The Labute approximate surface area is 103 Å². The monoisotopic (exact) mass is 236 g/mol. The molecule has 0 amide bonds. The highest BCUT2D eigenvalue weighted by Gasteiger charge is 2.15. The molecule has 0 aromatic heterocycles. The predicted molar refractivity (Wildman–Crippen MR) is 67.3 cm³/mol. The summed E-state index contributed by atoms with van der Waals surface area (Å²) in [7, 11) is 0. The lowest BCUT2D eigenvalue weighted by Crippen LogP contribution is -2.25. The van der Waals surface area contributed by atoms with Gasteiger partial charge < -0.3 is 9.47 Å². The van der Waals surface area contributed by atoms with Crippen molar-refractivity contribution in [3.05, 3.63) is 29.8 Å². The summed E-state index contributed by atoms with van der Waals surface area (Å²) >= 11 is 0. The number of esters is 1. The lowest BCUT2D eigenvalue weighted by Gasteiger charge is -2.11. The zero-order valence-corrected chi connectivity index (χ0v) is 10.9. The van der Waals surface area contributed by atoms with Gasteiger partial charge >= 0.3 is 5.97 Å². The van der Waals surface area contributed by atoms with E-state index in [-0.39, 0.29) is 5.97 Å². The molecular weight excluding hydrogens is 216 g/mol. The Bertz CT molecular complexity index is 354. The molecule has 0 N–H and O–H groups in total. The van der Waals surface area contributed by atoms with Crippen LogP contribution < -0.4 is 4.74 Å². The number of benzene rings is 1. The Morgan fingerprint density at radius 2 is 1.76 bits per heavy atom. The van der Waals surface area contributed by atoms with E-state index in [4.69, 9.17) is 9.47 Å². The largest absolute Gasteiger partial charge is 0.425 e. The molecule has 1 aromatic rings.